The maximum absolute atomic E-state index is 12.3. The molecule has 0 amide bonds. The maximum atomic E-state index is 12.3. The Labute approximate surface area is 125 Å². The molecule has 0 fully saturated rings. The second kappa shape index (κ2) is 5.08. The molecule has 7 N–H and O–H groups in total. The Bertz CT molecular complexity index is 897. The number of aliphatic hydroxyl groups excluding tert-OH is 1. The van der Waals surface area contributed by atoms with E-state index in [1.807, 2.05) is 30.3 Å². The standard InChI is InChI=1S/C14H16N6O2/c15-12-9(6-7-21)11-10(14(22)19(12)17)13(16)20(18-11)8-4-2-1-3-5-8/h1-5,21H,6-7,15-17H2. The van der Waals surface area contributed by atoms with Gasteiger partial charge in [-0.1, -0.05) is 18.2 Å². The van der Waals surface area contributed by atoms with Crippen LogP contribution in [0.3, 0.4) is 0 Å². The van der Waals surface area contributed by atoms with Crippen LogP contribution in [0.25, 0.3) is 16.6 Å². The van der Waals surface area contributed by atoms with Gasteiger partial charge in [0, 0.05) is 18.6 Å². The Kier molecular flexibility index (Phi) is 3.22. The molecule has 1 aromatic carbocycles. The van der Waals surface area contributed by atoms with Crippen LogP contribution in [0.4, 0.5) is 11.6 Å². The summed E-state index contributed by atoms with van der Waals surface area (Å²) in [5.41, 5.74) is 13.0. The van der Waals surface area contributed by atoms with E-state index in [4.69, 9.17) is 17.3 Å². The first-order valence-electron chi connectivity index (χ1n) is 6.69. The lowest BCUT2D eigenvalue weighted by Crippen LogP contribution is -2.31. The topological polar surface area (TPSA) is 138 Å². The van der Waals surface area contributed by atoms with Crippen LogP contribution in [0, 0.1) is 0 Å². The number of hydrogen-bond donors (Lipinski definition) is 4. The molecule has 0 atom stereocenters. The zero-order valence-electron chi connectivity index (χ0n) is 11.7. The number of nitrogens with zero attached hydrogens (tertiary/aromatic N) is 3. The number of anilines is 2. The molecule has 8 heteroatoms. The molecule has 0 aliphatic carbocycles. The fourth-order valence-electron chi connectivity index (χ4n) is 2.47. The minimum Gasteiger partial charge on any atom is -0.396 e. The van der Waals surface area contributed by atoms with E-state index >= 15 is 0 Å². The van der Waals surface area contributed by atoms with Crippen LogP contribution < -0.4 is 22.9 Å². The molecule has 0 spiro atoms. The number of nitrogen functional groups attached to an aromatic ring is 3. The van der Waals surface area contributed by atoms with E-state index < -0.39 is 5.56 Å². The van der Waals surface area contributed by atoms with Crippen LogP contribution in [-0.2, 0) is 6.42 Å². The molecule has 0 aliphatic rings. The highest BCUT2D eigenvalue weighted by Crippen LogP contribution is 2.26. The first kappa shape index (κ1) is 14.0. The number of rotatable bonds is 3. The normalized spacial score (nSPS) is 11.1. The molecule has 3 aromatic rings. The van der Waals surface area contributed by atoms with E-state index in [9.17, 15) is 9.90 Å². The number of nitrogens with two attached hydrogens (primary N) is 3. The molecule has 114 valence electrons. The van der Waals surface area contributed by atoms with Crippen LogP contribution in [0.15, 0.2) is 35.1 Å². The monoisotopic (exact) mass is 300 g/mol. The second-order valence-corrected chi connectivity index (χ2v) is 4.87. The van der Waals surface area contributed by atoms with Crippen LogP contribution in [0.2, 0.25) is 0 Å². The third-order valence-corrected chi connectivity index (χ3v) is 3.57. The number of aliphatic hydroxyl groups is 1. The maximum Gasteiger partial charge on any atom is 0.283 e. The average molecular weight is 300 g/mol. The summed E-state index contributed by atoms with van der Waals surface area (Å²) in [7, 11) is 0. The third kappa shape index (κ3) is 1.89. The first-order valence-corrected chi connectivity index (χ1v) is 6.69. The Hall–Kier alpha value is -3.00. The molecule has 0 radical (unpaired) electrons. The van der Waals surface area contributed by atoms with Gasteiger partial charge in [-0.15, -0.1) is 0 Å². The summed E-state index contributed by atoms with van der Waals surface area (Å²) >= 11 is 0. The summed E-state index contributed by atoms with van der Waals surface area (Å²) in [5.74, 6) is 5.96. The smallest absolute Gasteiger partial charge is 0.283 e. The van der Waals surface area contributed by atoms with Gasteiger partial charge in [-0.3, -0.25) is 4.79 Å². The molecule has 0 aliphatic heterocycles. The Morgan fingerprint density at radius 1 is 1.14 bits per heavy atom. The predicted molar refractivity (Wildman–Crippen MR) is 85.1 cm³/mol. The van der Waals surface area contributed by atoms with E-state index in [1.165, 1.54) is 4.68 Å². The number of hydrogen-bond acceptors (Lipinski definition) is 6. The van der Waals surface area contributed by atoms with Gasteiger partial charge in [0.05, 0.1) is 5.69 Å². The van der Waals surface area contributed by atoms with Gasteiger partial charge in [0.25, 0.3) is 5.56 Å². The fraction of sp³-hybridized carbons (Fsp3) is 0.143. The first-order chi connectivity index (χ1) is 10.6. The van der Waals surface area contributed by atoms with Gasteiger partial charge in [-0.25, -0.2) is 9.36 Å². The van der Waals surface area contributed by atoms with Gasteiger partial charge in [0.1, 0.15) is 22.5 Å². The molecule has 2 aromatic heterocycles. The number of fused-ring (bicyclic) bond motifs is 1. The molecule has 22 heavy (non-hydrogen) atoms. The minimum atomic E-state index is -0.520. The Morgan fingerprint density at radius 3 is 2.45 bits per heavy atom. The van der Waals surface area contributed by atoms with Gasteiger partial charge < -0.3 is 22.4 Å². The zero-order chi connectivity index (χ0) is 15.9. The molecular weight excluding hydrogens is 284 g/mol. The van der Waals surface area contributed by atoms with Crippen molar-refractivity contribution >= 4 is 22.5 Å². The number of benzene rings is 1. The van der Waals surface area contributed by atoms with Crippen LogP contribution in [0.1, 0.15) is 5.56 Å². The quantitative estimate of drug-likeness (QED) is 0.485. The van der Waals surface area contributed by atoms with E-state index in [-0.39, 0.29) is 30.0 Å². The van der Waals surface area contributed by atoms with E-state index in [0.717, 1.165) is 4.68 Å². The van der Waals surface area contributed by atoms with Crippen molar-refractivity contribution in [2.24, 2.45) is 0 Å². The lowest BCUT2D eigenvalue weighted by atomic mass is 10.1. The summed E-state index contributed by atoms with van der Waals surface area (Å²) < 4.78 is 2.30. The molecular formula is C14H16N6O2. The molecule has 0 saturated heterocycles. The molecule has 8 nitrogen and oxygen atoms in total. The van der Waals surface area contributed by atoms with Gasteiger partial charge in [0.15, 0.2) is 0 Å². The highest BCUT2D eigenvalue weighted by atomic mass is 16.3. The SMILES string of the molecule is Nc1c2c(=O)n(N)c(N)c(CCO)c2nn1-c1ccccc1. The Balaban J connectivity index is 2.41. The fourth-order valence-corrected chi connectivity index (χ4v) is 2.47. The van der Waals surface area contributed by atoms with Gasteiger partial charge >= 0.3 is 0 Å². The van der Waals surface area contributed by atoms with Crippen molar-refractivity contribution in [3.63, 3.8) is 0 Å². The van der Waals surface area contributed by atoms with Crippen molar-refractivity contribution in [1.82, 2.24) is 14.5 Å². The summed E-state index contributed by atoms with van der Waals surface area (Å²) in [6.07, 6.45) is 0.227. The van der Waals surface area contributed by atoms with Crippen molar-refractivity contribution in [2.75, 3.05) is 23.9 Å². The van der Waals surface area contributed by atoms with Crippen molar-refractivity contribution in [2.45, 2.75) is 6.42 Å². The van der Waals surface area contributed by atoms with Gasteiger partial charge in [0.2, 0.25) is 0 Å². The van der Waals surface area contributed by atoms with Crippen molar-refractivity contribution in [1.29, 1.82) is 0 Å². The molecule has 2 heterocycles. The number of para-hydroxylation sites is 1. The molecule has 3 rings (SSSR count). The lowest BCUT2D eigenvalue weighted by Gasteiger charge is -2.09. The van der Waals surface area contributed by atoms with Crippen molar-refractivity contribution in [3.8, 4) is 5.69 Å². The van der Waals surface area contributed by atoms with Gasteiger partial charge in [-0.2, -0.15) is 5.10 Å². The number of pyridine rings is 1. The highest BCUT2D eigenvalue weighted by molar-refractivity contribution is 5.93. The van der Waals surface area contributed by atoms with Crippen LogP contribution in [-0.4, -0.2) is 26.2 Å². The van der Waals surface area contributed by atoms with Crippen LogP contribution >= 0.6 is 0 Å². The summed E-state index contributed by atoms with van der Waals surface area (Å²) in [6.45, 7) is -0.143. The summed E-state index contributed by atoms with van der Waals surface area (Å²) in [5, 5.41) is 13.8. The highest BCUT2D eigenvalue weighted by Gasteiger charge is 2.21. The zero-order valence-corrected chi connectivity index (χ0v) is 11.7. The predicted octanol–water partition coefficient (Wildman–Crippen LogP) is -0.400. The van der Waals surface area contributed by atoms with Crippen LogP contribution in [0.5, 0.6) is 0 Å². The van der Waals surface area contributed by atoms with E-state index in [1.54, 1.807) is 0 Å². The van der Waals surface area contributed by atoms with Crippen molar-refractivity contribution in [3.05, 3.63) is 46.2 Å². The Morgan fingerprint density at radius 2 is 1.82 bits per heavy atom. The van der Waals surface area contributed by atoms with Gasteiger partial charge in [-0.05, 0) is 12.1 Å². The van der Waals surface area contributed by atoms with Crippen molar-refractivity contribution < 1.29 is 5.11 Å². The second-order valence-electron chi connectivity index (χ2n) is 4.87. The molecule has 0 saturated carbocycles. The number of aromatic nitrogens is 3. The third-order valence-electron chi connectivity index (χ3n) is 3.57. The minimum absolute atomic E-state index is 0.0734. The largest absolute Gasteiger partial charge is 0.396 e. The molecule has 0 bridgehead atoms. The van der Waals surface area contributed by atoms with E-state index in [0.29, 0.717) is 16.8 Å². The summed E-state index contributed by atoms with van der Waals surface area (Å²) in [4.78, 5) is 12.3. The molecule has 0 unspecified atom stereocenters. The lowest BCUT2D eigenvalue weighted by molar-refractivity contribution is 0.300. The van der Waals surface area contributed by atoms with E-state index in [2.05, 4.69) is 5.10 Å². The summed E-state index contributed by atoms with van der Waals surface area (Å²) in [6, 6.07) is 9.18. The average Bonchev–Trinajstić information content (AvgIpc) is 2.88.